The van der Waals surface area contributed by atoms with Gasteiger partial charge in [0, 0.05) is 5.02 Å². The van der Waals surface area contributed by atoms with E-state index in [0.29, 0.717) is 28.8 Å². The third-order valence-corrected chi connectivity index (χ3v) is 2.39. The summed E-state index contributed by atoms with van der Waals surface area (Å²) in [5, 5.41) is 0.547. The Hall–Kier alpha value is -2.08. The minimum atomic E-state index is 0.0555. The molecule has 4 N–H and O–H groups in total. The van der Waals surface area contributed by atoms with Gasteiger partial charge in [-0.2, -0.15) is 15.0 Å². The number of ether oxygens (including phenoxy) is 1. The summed E-state index contributed by atoms with van der Waals surface area (Å²) in [5.74, 6) is 1.07. The minimum absolute atomic E-state index is 0.0555. The highest BCUT2D eigenvalue weighted by Crippen LogP contribution is 2.30. The Bertz CT molecular complexity index is 555. The minimum Gasteiger partial charge on any atom is -0.493 e. The van der Waals surface area contributed by atoms with E-state index in [-0.39, 0.29) is 11.9 Å². The third-order valence-electron chi connectivity index (χ3n) is 2.15. The summed E-state index contributed by atoms with van der Waals surface area (Å²) >= 11 is 5.96. The second kappa shape index (κ2) is 5.05. The molecule has 0 bridgehead atoms. The van der Waals surface area contributed by atoms with Gasteiger partial charge in [-0.15, -0.1) is 0 Å². The summed E-state index contributed by atoms with van der Waals surface area (Å²) in [6.07, 6.45) is 0. The largest absolute Gasteiger partial charge is 0.493 e. The van der Waals surface area contributed by atoms with E-state index >= 15 is 0 Å². The number of rotatable bonds is 3. The molecule has 0 fully saturated rings. The van der Waals surface area contributed by atoms with Gasteiger partial charge in [0.05, 0.1) is 12.2 Å². The average molecular weight is 266 g/mol. The Balaban J connectivity index is 2.57. The van der Waals surface area contributed by atoms with Crippen LogP contribution >= 0.6 is 11.6 Å². The van der Waals surface area contributed by atoms with Crippen LogP contribution in [-0.2, 0) is 0 Å². The van der Waals surface area contributed by atoms with Crippen LogP contribution in [0, 0.1) is 0 Å². The van der Waals surface area contributed by atoms with Gasteiger partial charge in [0.25, 0.3) is 0 Å². The molecule has 1 heterocycles. The Morgan fingerprint density at radius 3 is 2.44 bits per heavy atom. The van der Waals surface area contributed by atoms with Crippen LogP contribution in [-0.4, -0.2) is 21.6 Å². The molecule has 0 saturated carbocycles. The Morgan fingerprint density at radius 2 is 1.83 bits per heavy atom. The van der Waals surface area contributed by atoms with Crippen LogP contribution in [0.5, 0.6) is 5.75 Å². The quantitative estimate of drug-likeness (QED) is 0.877. The summed E-state index contributed by atoms with van der Waals surface area (Å²) < 4.78 is 5.49. The number of nitrogen functional groups attached to an aromatic ring is 2. The van der Waals surface area contributed by atoms with E-state index in [0.717, 1.165) is 0 Å². The van der Waals surface area contributed by atoms with E-state index in [1.165, 1.54) is 0 Å². The highest BCUT2D eigenvalue weighted by molar-refractivity contribution is 6.30. The fourth-order valence-corrected chi connectivity index (χ4v) is 1.66. The van der Waals surface area contributed by atoms with Gasteiger partial charge in [0.2, 0.25) is 11.9 Å². The van der Waals surface area contributed by atoms with Crippen molar-refractivity contribution in [2.75, 3.05) is 18.1 Å². The highest BCUT2D eigenvalue weighted by Gasteiger charge is 2.12. The normalized spacial score (nSPS) is 10.3. The van der Waals surface area contributed by atoms with E-state index in [9.17, 15) is 0 Å². The predicted molar refractivity (Wildman–Crippen MR) is 70.3 cm³/mol. The summed E-state index contributed by atoms with van der Waals surface area (Å²) in [5.41, 5.74) is 11.7. The second-order valence-electron chi connectivity index (χ2n) is 3.45. The van der Waals surface area contributed by atoms with Crippen molar-refractivity contribution in [1.82, 2.24) is 15.0 Å². The number of nitrogens with zero attached hydrogens (tertiary/aromatic N) is 3. The lowest BCUT2D eigenvalue weighted by molar-refractivity contribution is 0.341. The van der Waals surface area contributed by atoms with Crippen LogP contribution in [0.3, 0.4) is 0 Å². The first kappa shape index (κ1) is 12.4. The van der Waals surface area contributed by atoms with Crippen molar-refractivity contribution in [3.63, 3.8) is 0 Å². The molecule has 0 aliphatic rings. The van der Waals surface area contributed by atoms with Crippen LogP contribution in [0.15, 0.2) is 18.2 Å². The fraction of sp³-hybridized carbons (Fsp3) is 0.182. The van der Waals surface area contributed by atoms with E-state index < -0.39 is 0 Å². The number of nitrogens with two attached hydrogens (primary N) is 2. The van der Waals surface area contributed by atoms with Gasteiger partial charge < -0.3 is 16.2 Å². The lowest BCUT2D eigenvalue weighted by Crippen LogP contribution is -2.05. The molecular weight excluding hydrogens is 254 g/mol. The van der Waals surface area contributed by atoms with Crippen molar-refractivity contribution in [1.29, 1.82) is 0 Å². The van der Waals surface area contributed by atoms with Crippen LogP contribution in [0.1, 0.15) is 6.92 Å². The van der Waals surface area contributed by atoms with Gasteiger partial charge >= 0.3 is 0 Å². The van der Waals surface area contributed by atoms with Crippen molar-refractivity contribution in [3.8, 4) is 17.1 Å². The van der Waals surface area contributed by atoms with E-state index in [1.807, 2.05) is 6.92 Å². The van der Waals surface area contributed by atoms with E-state index in [4.69, 9.17) is 27.8 Å². The number of benzene rings is 1. The molecule has 1 aromatic carbocycles. The van der Waals surface area contributed by atoms with Crippen molar-refractivity contribution < 1.29 is 4.74 Å². The topological polar surface area (TPSA) is 99.9 Å². The lowest BCUT2D eigenvalue weighted by Gasteiger charge is -2.09. The van der Waals surface area contributed by atoms with Gasteiger partial charge in [-0.25, -0.2) is 0 Å². The standard InChI is InChI=1S/C11H12ClN5O/c1-2-18-8-4-3-6(12)5-7(8)9-15-10(13)17-11(14)16-9/h3-5H,2H2,1H3,(H4,13,14,15,16,17). The first-order valence-electron chi connectivity index (χ1n) is 5.30. The molecule has 1 aromatic heterocycles. The fourth-order valence-electron chi connectivity index (χ4n) is 1.49. The van der Waals surface area contributed by atoms with Crippen LogP contribution in [0.2, 0.25) is 5.02 Å². The molecule has 0 atom stereocenters. The van der Waals surface area contributed by atoms with Crippen molar-refractivity contribution in [2.45, 2.75) is 6.92 Å². The SMILES string of the molecule is CCOc1ccc(Cl)cc1-c1nc(N)nc(N)n1. The van der Waals surface area contributed by atoms with Gasteiger partial charge in [-0.05, 0) is 25.1 Å². The van der Waals surface area contributed by atoms with Gasteiger partial charge in [-0.3, -0.25) is 0 Å². The zero-order valence-corrected chi connectivity index (χ0v) is 10.5. The summed E-state index contributed by atoms with van der Waals surface area (Å²) in [4.78, 5) is 11.8. The smallest absolute Gasteiger partial charge is 0.225 e. The third kappa shape index (κ3) is 2.60. The molecule has 0 unspecified atom stereocenters. The molecule has 0 saturated heterocycles. The molecule has 0 amide bonds. The van der Waals surface area contributed by atoms with Crippen molar-refractivity contribution in [2.24, 2.45) is 0 Å². The van der Waals surface area contributed by atoms with Gasteiger partial charge in [0.1, 0.15) is 5.75 Å². The predicted octanol–water partition coefficient (Wildman–Crippen LogP) is 1.76. The highest BCUT2D eigenvalue weighted by atomic mass is 35.5. The molecule has 0 aliphatic heterocycles. The van der Waals surface area contributed by atoms with E-state index in [2.05, 4.69) is 15.0 Å². The number of aromatic nitrogens is 3. The maximum absolute atomic E-state index is 5.96. The number of hydrogen-bond acceptors (Lipinski definition) is 6. The zero-order valence-electron chi connectivity index (χ0n) is 9.72. The summed E-state index contributed by atoms with van der Waals surface area (Å²) in [6, 6.07) is 5.17. The maximum Gasteiger partial charge on any atom is 0.225 e. The summed E-state index contributed by atoms with van der Waals surface area (Å²) in [6.45, 7) is 2.40. The van der Waals surface area contributed by atoms with Crippen LogP contribution in [0.25, 0.3) is 11.4 Å². The summed E-state index contributed by atoms with van der Waals surface area (Å²) in [7, 11) is 0. The van der Waals surface area contributed by atoms with E-state index in [1.54, 1.807) is 18.2 Å². The Labute approximate surface area is 109 Å². The number of hydrogen-bond donors (Lipinski definition) is 2. The van der Waals surface area contributed by atoms with Gasteiger partial charge in [0.15, 0.2) is 5.82 Å². The molecule has 94 valence electrons. The molecule has 0 aliphatic carbocycles. The molecule has 7 heteroatoms. The van der Waals surface area contributed by atoms with Crippen LogP contribution < -0.4 is 16.2 Å². The molecule has 6 nitrogen and oxygen atoms in total. The monoisotopic (exact) mass is 265 g/mol. The Kier molecular flexibility index (Phi) is 3.47. The maximum atomic E-state index is 5.96. The molecule has 0 radical (unpaired) electrons. The second-order valence-corrected chi connectivity index (χ2v) is 3.89. The Morgan fingerprint density at radius 1 is 1.17 bits per heavy atom. The lowest BCUT2D eigenvalue weighted by atomic mass is 10.2. The van der Waals surface area contributed by atoms with Gasteiger partial charge in [-0.1, -0.05) is 11.6 Å². The number of anilines is 2. The number of halogens is 1. The van der Waals surface area contributed by atoms with Crippen LogP contribution in [0.4, 0.5) is 11.9 Å². The van der Waals surface area contributed by atoms with Crippen molar-refractivity contribution >= 4 is 23.5 Å². The van der Waals surface area contributed by atoms with Crippen molar-refractivity contribution in [3.05, 3.63) is 23.2 Å². The molecule has 0 spiro atoms. The zero-order chi connectivity index (χ0) is 13.1. The molecule has 18 heavy (non-hydrogen) atoms. The average Bonchev–Trinajstić information content (AvgIpc) is 2.30. The first-order chi connectivity index (χ1) is 8.60. The first-order valence-corrected chi connectivity index (χ1v) is 5.67. The molecule has 2 aromatic rings. The molecular formula is C11H12ClN5O. The molecule has 2 rings (SSSR count).